The van der Waals surface area contributed by atoms with E-state index in [0.717, 1.165) is 22.5 Å². The molecule has 9 heteroatoms. The number of amides is 1. The van der Waals surface area contributed by atoms with E-state index in [0.29, 0.717) is 42.6 Å². The first kappa shape index (κ1) is 22.3. The Morgan fingerprint density at radius 1 is 1.12 bits per heavy atom. The zero-order valence-corrected chi connectivity index (χ0v) is 18.9. The molecule has 0 unspecified atom stereocenters. The number of nitrogens with zero attached hydrogens (tertiary/aromatic N) is 5. The molecule has 170 valence electrons. The van der Waals surface area contributed by atoms with Crippen molar-refractivity contribution < 1.29 is 9.53 Å². The van der Waals surface area contributed by atoms with Crippen LogP contribution in [0.25, 0.3) is 16.9 Å². The molecule has 0 aliphatic carbocycles. The van der Waals surface area contributed by atoms with Crippen molar-refractivity contribution in [2.24, 2.45) is 5.92 Å². The van der Waals surface area contributed by atoms with E-state index in [2.05, 4.69) is 30.9 Å². The molecule has 0 saturated heterocycles. The van der Waals surface area contributed by atoms with Gasteiger partial charge < -0.3 is 15.4 Å². The molecule has 2 heterocycles. The summed E-state index contributed by atoms with van der Waals surface area (Å²) in [7, 11) is 1.67. The third-order valence-corrected chi connectivity index (χ3v) is 4.93. The summed E-state index contributed by atoms with van der Waals surface area (Å²) in [5.41, 5.74) is 4.86. The monoisotopic (exact) mass is 445 g/mol. The fourth-order valence-electron chi connectivity index (χ4n) is 3.44. The van der Waals surface area contributed by atoms with Crippen LogP contribution in [0.15, 0.2) is 54.7 Å². The van der Waals surface area contributed by atoms with Gasteiger partial charge in [0.25, 0.3) is 0 Å². The van der Waals surface area contributed by atoms with Gasteiger partial charge in [0.15, 0.2) is 11.2 Å². The van der Waals surface area contributed by atoms with E-state index in [9.17, 15) is 4.79 Å². The lowest BCUT2D eigenvalue weighted by Crippen LogP contribution is -2.23. The minimum atomic E-state index is 0.0413. The molecule has 4 aromatic rings. The van der Waals surface area contributed by atoms with Gasteiger partial charge in [-0.3, -0.25) is 4.79 Å². The molecule has 4 rings (SSSR count). The maximum Gasteiger partial charge on any atom is 0.229 e. The largest absolute Gasteiger partial charge is 0.380 e. The molecule has 2 aromatic heterocycles. The number of nitrogens with one attached hydrogen (secondary N) is 2. The first-order chi connectivity index (χ1) is 16.0. The van der Waals surface area contributed by atoms with Crippen molar-refractivity contribution in [3.8, 4) is 5.69 Å². The molecule has 0 aliphatic rings. The number of carbonyl (C=O) groups excluding carboxylic acids is 1. The molecule has 33 heavy (non-hydrogen) atoms. The van der Waals surface area contributed by atoms with Gasteiger partial charge in [-0.15, -0.1) is 5.10 Å². The first-order valence-electron chi connectivity index (χ1n) is 10.8. The minimum Gasteiger partial charge on any atom is -0.380 e. The minimum absolute atomic E-state index is 0.0413. The van der Waals surface area contributed by atoms with Crippen molar-refractivity contribution in [1.29, 1.82) is 0 Å². The summed E-state index contributed by atoms with van der Waals surface area (Å²) in [4.78, 5) is 21.0. The second-order valence-corrected chi connectivity index (χ2v) is 8.21. The highest BCUT2D eigenvalue weighted by Crippen LogP contribution is 2.19. The predicted octanol–water partition coefficient (Wildman–Crippen LogP) is 3.76. The molecule has 9 nitrogen and oxygen atoms in total. The average Bonchev–Trinajstić information content (AvgIpc) is 3.21. The number of ether oxygens (including phenoxy) is 1. The molecular formula is C24H27N7O2. The Balaban J connectivity index is 1.55. The van der Waals surface area contributed by atoms with Gasteiger partial charge in [-0.25, -0.2) is 4.98 Å². The summed E-state index contributed by atoms with van der Waals surface area (Å²) >= 11 is 0. The maximum absolute atomic E-state index is 12.0. The van der Waals surface area contributed by atoms with E-state index >= 15 is 0 Å². The second-order valence-electron chi connectivity index (χ2n) is 8.21. The molecule has 1 amide bonds. The van der Waals surface area contributed by atoms with Crippen LogP contribution in [0.2, 0.25) is 0 Å². The van der Waals surface area contributed by atoms with Crippen LogP contribution >= 0.6 is 0 Å². The number of methoxy groups -OCH3 is 1. The highest BCUT2D eigenvalue weighted by atomic mass is 16.5. The number of hydrogen-bond acceptors (Lipinski definition) is 7. The van der Waals surface area contributed by atoms with Crippen molar-refractivity contribution in [1.82, 2.24) is 30.3 Å². The number of fused-ring (bicyclic) bond motifs is 1. The molecule has 0 atom stereocenters. The van der Waals surface area contributed by atoms with E-state index in [1.807, 2.05) is 62.4 Å². The van der Waals surface area contributed by atoms with E-state index in [1.165, 1.54) is 0 Å². The topological polar surface area (TPSA) is 107 Å². The molecule has 0 radical (unpaired) electrons. The lowest BCUT2D eigenvalue weighted by Gasteiger charge is -2.09. The Labute approximate surface area is 192 Å². The van der Waals surface area contributed by atoms with E-state index in [-0.39, 0.29) is 5.91 Å². The van der Waals surface area contributed by atoms with Crippen LogP contribution in [0.1, 0.15) is 31.4 Å². The Hall–Kier alpha value is -3.85. The Morgan fingerprint density at radius 2 is 1.94 bits per heavy atom. The van der Waals surface area contributed by atoms with Crippen LogP contribution < -0.4 is 10.6 Å². The zero-order valence-electron chi connectivity index (χ0n) is 18.9. The summed E-state index contributed by atoms with van der Waals surface area (Å²) in [5.74, 6) is 0.806. The van der Waals surface area contributed by atoms with Crippen molar-refractivity contribution in [3.05, 3.63) is 65.9 Å². The second kappa shape index (κ2) is 10.2. The van der Waals surface area contributed by atoms with Gasteiger partial charge in [0.2, 0.25) is 11.9 Å². The maximum atomic E-state index is 12.0. The summed E-state index contributed by atoms with van der Waals surface area (Å²) in [6.07, 6.45) is 2.15. The van der Waals surface area contributed by atoms with Crippen LogP contribution in [0.5, 0.6) is 0 Å². The number of carbonyl (C=O) groups is 1. The van der Waals surface area contributed by atoms with Gasteiger partial charge in [-0.05, 0) is 41.3 Å². The highest BCUT2D eigenvalue weighted by Gasteiger charge is 2.12. The molecule has 0 spiro atoms. The fourth-order valence-corrected chi connectivity index (χ4v) is 3.44. The van der Waals surface area contributed by atoms with Crippen LogP contribution in [-0.2, 0) is 22.7 Å². The molecule has 0 fully saturated rings. The van der Waals surface area contributed by atoms with Crippen molar-refractivity contribution in [2.75, 3.05) is 12.4 Å². The Bertz CT molecular complexity index is 1250. The van der Waals surface area contributed by atoms with Gasteiger partial charge in [0.05, 0.1) is 18.5 Å². The number of aromatic nitrogens is 5. The summed E-state index contributed by atoms with van der Waals surface area (Å²) < 4.78 is 6.87. The summed E-state index contributed by atoms with van der Waals surface area (Å²) in [5, 5.41) is 14.6. The Morgan fingerprint density at radius 3 is 2.76 bits per heavy atom. The van der Waals surface area contributed by atoms with Crippen LogP contribution in [0, 0.1) is 5.92 Å². The number of anilines is 2. The normalized spacial score (nSPS) is 11.2. The highest BCUT2D eigenvalue weighted by molar-refractivity contribution is 5.76. The third kappa shape index (κ3) is 5.69. The predicted molar refractivity (Wildman–Crippen MR) is 126 cm³/mol. The van der Waals surface area contributed by atoms with Gasteiger partial charge in [-0.1, -0.05) is 43.3 Å². The average molecular weight is 446 g/mol. The molecule has 0 aliphatic heterocycles. The number of benzene rings is 2. The standard InChI is InChI=1S/C24H27N7O2/c1-16(2)10-22(32)25-13-17-6-5-9-20(12-17)31-23-21(29-30-31)14-26-24(28-23)27-19-8-4-7-18(11-19)15-33-3/h4-9,11-12,14,16H,10,13,15H2,1-3H3,(H,25,32)(H,26,27,28). The van der Waals surface area contributed by atoms with Crippen LogP contribution in [-0.4, -0.2) is 38.0 Å². The zero-order chi connectivity index (χ0) is 23.2. The van der Waals surface area contributed by atoms with E-state index in [4.69, 9.17) is 4.74 Å². The fraction of sp³-hybridized carbons (Fsp3) is 0.292. The molecule has 0 saturated carbocycles. The first-order valence-corrected chi connectivity index (χ1v) is 10.8. The molecular weight excluding hydrogens is 418 g/mol. The van der Waals surface area contributed by atoms with Crippen molar-refractivity contribution in [2.45, 2.75) is 33.4 Å². The van der Waals surface area contributed by atoms with Gasteiger partial charge in [0.1, 0.15) is 0 Å². The van der Waals surface area contributed by atoms with Gasteiger partial charge in [0, 0.05) is 25.8 Å². The summed E-state index contributed by atoms with van der Waals surface area (Å²) in [6, 6.07) is 15.7. The molecule has 0 bridgehead atoms. The van der Waals surface area contributed by atoms with E-state index in [1.54, 1.807) is 18.0 Å². The van der Waals surface area contributed by atoms with Crippen molar-refractivity contribution >= 4 is 28.7 Å². The third-order valence-electron chi connectivity index (χ3n) is 4.93. The smallest absolute Gasteiger partial charge is 0.229 e. The molecule has 2 N–H and O–H groups in total. The molecule has 2 aromatic carbocycles. The number of hydrogen-bond donors (Lipinski definition) is 2. The summed E-state index contributed by atoms with van der Waals surface area (Å²) in [6.45, 7) is 5.03. The van der Waals surface area contributed by atoms with Crippen LogP contribution in [0.3, 0.4) is 0 Å². The SMILES string of the molecule is COCc1cccc(Nc2ncc3nnn(-c4cccc(CNC(=O)CC(C)C)c4)c3n2)c1. The van der Waals surface area contributed by atoms with Crippen molar-refractivity contribution in [3.63, 3.8) is 0 Å². The quantitative estimate of drug-likeness (QED) is 0.404. The Kier molecular flexibility index (Phi) is 6.89. The lowest BCUT2D eigenvalue weighted by atomic mass is 10.1. The van der Waals surface area contributed by atoms with Crippen LogP contribution in [0.4, 0.5) is 11.6 Å². The van der Waals surface area contributed by atoms with Gasteiger partial charge >= 0.3 is 0 Å². The lowest BCUT2D eigenvalue weighted by molar-refractivity contribution is -0.121. The number of rotatable bonds is 9. The van der Waals surface area contributed by atoms with E-state index < -0.39 is 0 Å². The van der Waals surface area contributed by atoms with Gasteiger partial charge in [-0.2, -0.15) is 9.67 Å².